The Bertz CT molecular complexity index is 410. The lowest BCUT2D eigenvalue weighted by molar-refractivity contribution is 0.390. The van der Waals surface area contributed by atoms with E-state index in [2.05, 4.69) is 29.3 Å². The highest BCUT2D eigenvalue weighted by Gasteiger charge is 2.33. The summed E-state index contributed by atoms with van der Waals surface area (Å²) in [5, 5.41) is 8.51. The van der Waals surface area contributed by atoms with Gasteiger partial charge in [0.05, 0.1) is 6.54 Å². The zero-order chi connectivity index (χ0) is 12.3. The van der Waals surface area contributed by atoms with Crippen molar-refractivity contribution in [2.45, 2.75) is 45.7 Å². The molecule has 1 saturated heterocycles. The molecule has 1 aromatic heterocycles. The van der Waals surface area contributed by atoms with E-state index in [1.807, 2.05) is 13.0 Å². The number of aryl methyl sites for hydroxylation is 1. The average molecular weight is 253 g/mol. The molecule has 0 radical (unpaired) electrons. The lowest BCUT2D eigenvalue weighted by atomic mass is 9.96. The van der Waals surface area contributed by atoms with Crippen molar-refractivity contribution in [3.05, 3.63) is 17.5 Å². The molecule has 1 aliphatic heterocycles. The maximum Gasteiger partial charge on any atom is 0.157 e. The lowest BCUT2D eigenvalue weighted by Gasteiger charge is -2.25. The SMILES string of the molecule is CCC1(CC)CSC(=NCc2cc(C)on2)N1. The van der Waals surface area contributed by atoms with Crippen molar-refractivity contribution in [2.24, 2.45) is 4.99 Å². The minimum Gasteiger partial charge on any atom is -0.361 e. The number of hydrogen-bond donors (Lipinski definition) is 1. The first-order valence-electron chi connectivity index (χ1n) is 6.05. The van der Waals surface area contributed by atoms with Gasteiger partial charge in [0.1, 0.15) is 11.5 Å². The van der Waals surface area contributed by atoms with E-state index in [9.17, 15) is 0 Å². The molecule has 2 rings (SSSR count). The fourth-order valence-corrected chi connectivity index (χ4v) is 3.20. The largest absolute Gasteiger partial charge is 0.361 e. The summed E-state index contributed by atoms with van der Waals surface area (Å²) >= 11 is 1.81. The Hall–Kier alpha value is -0.970. The molecule has 1 N–H and O–H groups in total. The Morgan fingerprint density at radius 3 is 2.82 bits per heavy atom. The van der Waals surface area contributed by atoms with Crippen molar-refractivity contribution in [2.75, 3.05) is 5.75 Å². The molecule has 0 aliphatic carbocycles. The van der Waals surface area contributed by atoms with Crippen LogP contribution in [0.1, 0.15) is 38.1 Å². The van der Waals surface area contributed by atoms with Crippen LogP contribution in [0.4, 0.5) is 0 Å². The Morgan fingerprint density at radius 1 is 1.53 bits per heavy atom. The molecule has 2 heterocycles. The monoisotopic (exact) mass is 253 g/mol. The number of amidine groups is 1. The van der Waals surface area contributed by atoms with Gasteiger partial charge in [-0.25, -0.2) is 0 Å². The molecule has 4 nitrogen and oxygen atoms in total. The zero-order valence-electron chi connectivity index (χ0n) is 10.6. The van der Waals surface area contributed by atoms with Gasteiger partial charge in [0.2, 0.25) is 0 Å². The smallest absolute Gasteiger partial charge is 0.157 e. The summed E-state index contributed by atoms with van der Waals surface area (Å²) in [6, 6.07) is 1.93. The first-order valence-corrected chi connectivity index (χ1v) is 7.03. The molecular weight excluding hydrogens is 234 g/mol. The standard InChI is InChI=1S/C12H19N3OS/c1-4-12(5-2)8-17-11(14-12)13-7-10-6-9(3)16-15-10/h6H,4-5,7-8H2,1-3H3,(H,13,14). The van der Waals surface area contributed by atoms with E-state index < -0.39 is 0 Å². The van der Waals surface area contributed by atoms with Gasteiger partial charge >= 0.3 is 0 Å². The van der Waals surface area contributed by atoms with Gasteiger partial charge in [0.15, 0.2) is 5.17 Å². The fraction of sp³-hybridized carbons (Fsp3) is 0.667. The molecule has 0 aromatic carbocycles. The molecule has 17 heavy (non-hydrogen) atoms. The summed E-state index contributed by atoms with van der Waals surface area (Å²) in [4.78, 5) is 4.54. The molecule has 0 spiro atoms. The zero-order valence-corrected chi connectivity index (χ0v) is 11.4. The van der Waals surface area contributed by atoms with Crippen LogP contribution in [0.2, 0.25) is 0 Å². The Labute approximate surface area is 106 Å². The molecule has 1 aromatic rings. The van der Waals surface area contributed by atoms with Crippen LogP contribution in [0.5, 0.6) is 0 Å². The Morgan fingerprint density at radius 2 is 2.29 bits per heavy atom. The van der Waals surface area contributed by atoms with Gasteiger partial charge in [0, 0.05) is 17.4 Å². The first kappa shape index (κ1) is 12.5. The molecule has 0 amide bonds. The van der Waals surface area contributed by atoms with Gasteiger partial charge in [-0.1, -0.05) is 30.8 Å². The van der Waals surface area contributed by atoms with Crippen LogP contribution < -0.4 is 5.32 Å². The van der Waals surface area contributed by atoms with Crippen LogP contribution in [-0.4, -0.2) is 21.6 Å². The van der Waals surface area contributed by atoms with Crippen molar-refractivity contribution in [3.63, 3.8) is 0 Å². The highest BCUT2D eigenvalue weighted by atomic mass is 32.2. The quantitative estimate of drug-likeness (QED) is 0.896. The third-order valence-corrected chi connectivity index (χ3v) is 4.47. The normalized spacial score (nSPS) is 20.8. The third kappa shape index (κ3) is 2.83. The predicted octanol–water partition coefficient (Wildman–Crippen LogP) is 2.73. The van der Waals surface area contributed by atoms with Crippen molar-refractivity contribution in [1.82, 2.24) is 10.5 Å². The molecule has 1 aliphatic rings. The third-order valence-electron chi connectivity index (χ3n) is 3.27. The fourth-order valence-electron chi connectivity index (χ4n) is 1.87. The molecule has 1 fully saturated rings. The summed E-state index contributed by atoms with van der Waals surface area (Å²) < 4.78 is 5.02. The van der Waals surface area contributed by atoms with E-state index in [1.54, 1.807) is 11.8 Å². The van der Waals surface area contributed by atoms with E-state index in [0.717, 1.165) is 35.2 Å². The second-order valence-corrected chi connectivity index (χ2v) is 5.42. The summed E-state index contributed by atoms with van der Waals surface area (Å²) in [6.07, 6.45) is 2.27. The second-order valence-electron chi connectivity index (χ2n) is 4.45. The van der Waals surface area contributed by atoms with E-state index in [1.165, 1.54) is 0 Å². The van der Waals surface area contributed by atoms with E-state index in [-0.39, 0.29) is 5.54 Å². The number of thioether (sulfide) groups is 1. The highest BCUT2D eigenvalue weighted by Crippen LogP contribution is 2.29. The molecule has 0 unspecified atom stereocenters. The molecule has 94 valence electrons. The van der Waals surface area contributed by atoms with E-state index >= 15 is 0 Å². The topological polar surface area (TPSA) is 50.4 Å². The van der Waals surface area contributed by atoms with Crippen LogP contribution in [0, 0.1) is 6.92 Å². The van der Waals surface area contributed by atoms with Crippen LogP contribution in [0.25, 0.3) is 0 Å². The van der Waals surface area contributed by atoms with Gasteiger partial charge in [-0.05, 0) is 19.8 Å². The van der Waals surface area contributed by atoms with E-state index in [0.29, 0.717) is 6.54 Å². The summed E-state index contributed by atoms with van der Waals surface area (Å²) in [5.41, 5.74) is 1.13. The van der Waals surface area contributed by atoms with Crippen molar-refractivity contribution < 1.29 is 4.52 Å². The number of aliphatic imine (C=N–C) groups is 1. The molecule has 0 atom stereocenters. The van der Waals surface area contributed by atoms with Crippen molar-refractivity contribution in [3.8, 4) is 0 Å². The molecule has 0 saturated carbocycles. The molecular formula is C12H19N3OS. The maximum atomic E-state index is 5.02. The Kier molecular flexibility index (Phi) is 3.76. The number of nitrogens with one attached hydrogen (secondary N) is 1. The summed E-state index contributed by atoms with van der Waals surface area (Å²) in [7, 11) is 0. The van der Waals surface area contributed by atoms with Crippen molar-refractivity contribution in [1.29, 1.82) is 0 Å². The highest BCUT2D eigenvalue weighted by molar-refractivity contribution is 8.14. The van der Waals surface area contributed by atoms with Crippen LogP contribution >= 0.6 is 11.8 Å². The van der Waals surface area contributed by atoms with Gasteiger partial charge in [-0.3, -0.25) is 4.99 Å². The van der Waals surface area contributed by atoms with Gasteiger partial charge in [0.25, 0.3) is 0 Å². The number of rotatable bonds is 4. The number of aromatic nitrogens is 1. The number of hydrogen-bond acceptors (Lipinski definition) is 4. The van der Waals surface area contributed by atoms with Crippen molar-refractivity contribution >= 4 is 16.9 Å². The summed E-state index contributed by atoms with van der Waals surface area (Å²) in [5.74, 6) is 1.94. The summed E-state index contributed by atoms with van der Waals surface area (Å²) in [6.45, 7) is 6.93. The molecule has 0 bridgehead atoms. The molecule has 5 heteroatoms. The predicted molar refractivity (Wildman–Crippen MR) is 71.3 cm³/mol. The second kappa shape index (κ2) is 5.12. The van der Waals surface area contributed by atoms with Crippen LogP contribution in [-0.2, 0) is 6.54 Å². The minimum atomic E-state index is 0.239. The Balaban J connectivity index is 1.96. The van der Waals surface area contributed by atoms with Gasteiger partial charge in [-0.2, -0.15) is 0 Å². The maximum absolute atomic E-state index is 5.02. The number of nitrogens with zero attached hydrogens (tertiary/aromatic N) is 2. The van der Waals surface area contributed by atoms with E-state index in [4.69, 9.17) is 4.52 Å². The van der Waals surface area contributed by atoms with Gasteiger partial charge in [-0.15, -0.1) is 0 Å². The average Bonchev–Trinajstić information content (AvgIpc) is 2.93. The van der Waals surface area contributed by atoms with Crippen LogP contribution in [0.3, 0.4) is 0 Å². The van der Waals surface area contributed by atoms with Gasteiger partial charge < -0.3 is 9.84 Å². The van der Waals surface area contributed by atoms with Crippen LogP contribution in [0.15, 0.2) is 15.6 Å². The first-order chi connectivity index (χ1) is 8.17. The minimum absolute atomic E-state index is 0.239. The lowest BCUT2D eigenvalue weighted by Crippen LogP contribution is -2.42.